The largest absolute Gasteiger partial charge is 0.467 e. The molecular formula is C16H21N5O3. The minimum absolute atomic E-state index is 0.136. The average Bonchev–Trinajstić information content (AvgIpc) is 3.06. The van der Waals surface area contributed by atoms with E-state index in [9.17, 15) is 9.59 Å². The molecule has 128 valence electrons. The first-order chi connectivity index (χ1) is 11.5. The Kier molecular flexibility index (Phi) is 5.78. The van der Waals surface area contributed by atoms with Crippen molar-refractivity contribution in [3.8, 4) is 0 Å². The number of furan rings is 1. The summed E-state index contributed by atoms with van der Waals surface area (Å²) in [5, 5.41) is 7.84. The van der Waals surface area contributed by atoms with Gasteiger partial charge in [0.1, 0.15) is 5.76 Å². The molecule has 3 amide bonds. The Balaban J connectivity index is 1.82. The van der Waals surface area contributed by atoms with E-state index < -0.39 is 6.03 Å². The lowest BCUT2D eigenvalue weighted by Gasteiger charge is -2.17. The van der Waals surface area contributed by atoms with Crippen LogP contribution in [0.15, 0.2) is 34.9 Å². The van der Waals surface area contributed by atoms with Crippen molar-refractivity contribution in [2.75, 3.05) is 30.9 Å². The molecule has 0 aliphatic rings. The quantitative estimate of drug-likeness (QED) is 0.745. The topological polar surface area (TPSA) is 99.5 Å². The molecule has 0 unspecified atom stereocenters. The standard InChI is InChI=1S/C16H21N5O3/c1-11-6-7-13(15(19-11)21(2)3)20-16(23)18-10-14(22)17-9-12-5-4-8-24-12/h4-8H,9-10H2,1-3H3,(H,17,22)(H2,18,20,23). The Bertz CT molecular complexity index is 698. The van der Waals surface area contributed by atoms with E-state index in [1.54, 1.807) is 29.2 Å². The first-order valence-electron chi connectivity index (χ1n) is 7.44. The maximum Gasteiger partial charge on any atom is 0.319 e. The number of carbonyl (C=O) groups excluding carboxylic acids is 2. The summed E-state index contributed by atoms with van der Waals surface area (Å²) in [5.41, 5.74) is 1.42. The van der Waals surface area contributed by atoms with E-state index in [2.05, 4.69) is 20.9 Å². The number of urea groups is 1. The van der Waals surface area contributed by atoms with Gasteiger partial charge >= 0.3 is 6.03 Å². The van der Waals surface area contributed by atoms with Crippen molar-refractivity contribution in [3.63, 3.8) is 0 Å². The summed E-state index contributed by atoms with van der Waals surface area (Å²) in [6, 6.07) is 6.60. The minimum Gasteiger partial charge on any atom is -0.467 e. The van der Waals surface area contributed by atoms with Crippen molar-refractivity contribution in [3.05, 3.63) is 42.0 Å². The highest BCUT2D eigenvalue weighted by molar-refractivity contribution is 5.94. The molecule has 2 aromatic rings. The van der Waals surface area contributed by atoms with Crippen LogP contribution in [-0.2, 0) is 11.3 Å². The van der Waals surface area contributed by atoms with Crippen LogP contribution >= 0.6 is 0 Å². The fourth-order valence-electron chi connectivity index (χ4n) is 1.97. The zero-order valence-electron chi connectivity index (χ0n) is 13.9. The lowest BCUT2D eigenvalue weighted by atomic mass is 10.3. The molecule has 0 spiro atoms. The Morgan fingerprint density at radius 1 is 1.21 bits per heavy atom. The molecule has 0 bridgehead atoms. The van der Waals surface area contributed by atoms with Crippen molar-refractivity contribution in [2.45, 2.75) is 13.5 Å². The van der Waals surface area contributed by atoms with Crippen LogP contribution in [0.5, 0.6) is 0 Å². The molecule has 3 N–H and O–H groups in total. The molecule has 0 saturated heterocycles. The molecule has 0 aliphatic carbocycles. The Morgan fingerprint density at radius 2 is 2.00 bits per heavy atom. The molecule has 2 aromatic heterocycles. The van der Waals surface area contributed by atoms with E-state index in [1.807, 2.05) is 21.0 Å². The van der Waals surface area contributed by atoms with Crippen LogP contribution in [0.3, 0.4) is 0 Å². The van der Waals surface area contributed by atoms with E-state index in [4.69, 9.17) is 4.42 Å². The fraction of sp³-hybridized carbons (Fsp3) is 0.312. The number of nitrogens with zero attached hydrogens (tertiary/aromatic N) is 2. The van der Waals surface area contributed by atoms with Crippen LogP contribution in [0, 0.1) is 6.92 Å². The highest BCUT2D eigenvalue weighted by atomic mass is 16.3. The van der Waals surface area contributed by atoms with Crippen molar-refractivity contribution < 1.29 is 14.0 Å². The first kappa shape index (κ1) is 17.3. The van der Waals surface area contributed by atoms with Crippen molar-refractivity contribution in [2.24, 2.45) is 0 Å². The van der Waals surface area contributed by atoms with Crippen LogP contribution in [0.1, 0.15) is 11.5 Å². The second-order valence-electron chi connectivity index (χ2n) is 5.38. The summed E-state index contributed by atoms with van der Waals surface area (Å²) >= 11 is 0. The highest BCUT2D eigenvalue weighted by Gasteiger charge is 2.11. The summed E-state index contributed by atoms with van der Waals surface area (Å²) < 4.78 is 5.11. The fourth-order valence-corrected chi connectivity index (χ4v) is 1.97. The zero-order chi connectivity index (χ0) is 17.5. The van der Waals surface area contributed by atoms with Crippen LogP contribution in [-0.4, -0.2) is 37.6 Å². The van der Waals surface area contributed by atoms with Gasteiger partial charge in [0.15, 0.2) is 5.82 Å². The molecule has 2 rings (SSSR count). The molecule has 0 aromatic carbocycles. The second kappa shape index (κ2) is 8.00. The van der Waals surface area contributed by atoms with Crippen molar-refractivity contribution in [1.29, 1.82) is 0 Å². The smallest absolute Gasteiger partial charge is 0.319 e. The number of amides is 3. The van der Waals surface area contributed by atoms with Gasteiger partial charge in [-0.15, -0.1) is 0 Å². The molecule has 0 saturated carbocycles. The van der Waals surface area contributed by atoms with E-state index in [0.29, 0.717) is 17.3 Å². The van der Waals surface area contributed by atoms with E-state index in [-0.39, 0.29) is 19.0 Å². The summed E-state index contributed by atoms with van der Waals surface area (Å²) in [6.45, 7) is 2.02. The third kappa shape index (κ3) is 5.01. The van der Waals surface area contributed by atoms with Gasteiger partial charge in [-0.3, -0.25) is 4.79 Å². The van der Waals surface area contributed by atoms with E-state index in [1.165, 1.54) is 6.26 Å². The molecule has 0 fully saturated rings. The van der Waals surface area contributed by atoms with E-state index >= 15 is 0 Å². The second-order valence-corrected chi connectivity index (χ2v) is 5.38. The lowest BCUT2D eigenvalue weighted by molar-refractivity contribution is -0.120. The van der Waals surface area contributed by atoms with Gasteiger partial charge in [0.2, 0.25) is 5.91 Å². The maximum absolute atomic E-state index is 11.9. The number of nitrogens with one attached hydrogen (secondary N) is 3. The molecule has 24 heavy (non-hydrogen) atoms. The highest BCUT2D eigenvalue weighted by Crippen LogP contribution is 2.21. The molecule has 0 radical (unpaired) electrons. The number of pyridine rings is 1. The molecule has 0 atom stereocenters. The van der Waals surface area contributed by atoms with Crippen molar-refractivity contribution in [1.82, 2.24) is 15.6 Å². The Hall–Kier alpha value is -3.03. The normalized spacial score (nSPS) is 10.1. The van der Waals surface area contributed by atoms with Crippen LogP contribution in [0.25, 0.3) is 0 Å². The monoisotopic (exact) mass is 331 g/mol. The summed E-state index contributed by atoms with van der Waals surface area (Å²) in [5.74, 6) is 0.984. The Labute approximate surface area is 140 Å². The number of aromatic nitrogens is 1. The number of rotatable bonds is 6. The molecule has 8 heteroatoms. The van der Waals surface area contributed by atoms with E-state index in [0.717, 1.165) is 5.69 Å². The lowest BCUT2D eigenvalue weighted by Crippen LogP contribution is -2.38. The number of anilines is 2. The first-order valence-corrected chi connectivity index (χ1v) is 7.44. The van der Waals surface area contributed by atoms with Gasteiger partial charge in [0.05, 0.1) is 25.0 Å². The van der Waals surface area contributed by atoms with Crippen LogP contribution in [0.2, 0.25) is 0 Å². The third-order valence-electron chi connectivity index (χ3n) is 3.14. The summed E-state index contributed by atoms with van der Waals surface area (Å²) in [7, 11) is 3.68. The van der Waals surface area contributed by atoms with Gasteiger partial charge in [-0.2, -0.15) is 0 Å². The molecule has 8 nitrogen and oxygen atoms in total. The SMILES string of the molecule is Cc1ccc(NC(=O)NCC(=O)NCc2ccco2)c(N(C)C)n1. The van der Waals surface area contributed by atoms with Gasteiger partial charge < -0.3 is 25.3 Å². The zero-order valence-corrected chi connectivity index (χ0v) is 13.9. The van der Waals surface area contributed by atoms with Gasteiger partial charge in [0, 0.05) is 19.8 Å². The van der Waals surface area contributed by atoms with Gasteiger partial charge in [-0.1, -0.05) is 0 Å². The van der Waals surface area contributed by atoms with Crippen molar-refractivity contribution >= 4 is 23.4 Å². The third-order valence-corrected chi connectivity index (χ3v) is 3.14. The van der Waals surface area contributed by atoms with Crippen LogP contribution < -0.4 is 20.9 Å². The number of hydrogen-bond donors (Lipinski definition) is 3. The number of aryl methyl sites for hydroxylation is 1. The van der Waals surface area contributed by atoms with Gasteiger partial charge in [-0.05, 0) is 31.2 Å². The molecular weight excluding hydrogens is 310 g/mol. The average molecular weight is 331 g/mol. The minimum atomic E-state index is -0.475. The molecule has 2 heterocycles. The van der Waals surface area contributed by atoms with Crippen LogP contribution in [0.4, 0.5) is 16.3 Å². The summed E-state index contributed by atoms with van der Waals surface area (Å²) in [6.07, 6.45) is 1.53. The molecule has 0 aliphatic heterocycles. The number of carbonyl (C=O) groups is 2. The van der Waals surface area contributed by atoms with Gasteiger partial charge in [0.25, 0.3) is 0 Å². The number of hydrogen-bond acceptors (Lipinski definition) is 5. The van der Waals surface area contributed by atoms with Gasteiger partial charge in [-0.25, -0.2) is 9.78 Å². The maximum atomic E-state index is 11.9. The predicted octanol–water partition coefficient (Wildman–Crippen LogP) is 1.49. The predicted molar refractivity (Wildman–Crippen MR) is 90.9 cm³/mol. The Morgan fingerprint density at radius 3 is 2.67 bits per heavy atom. The summed E-state index contributed by atoms with van der Waals surface area (Å²) in [4.78, 5) is 29.8.